The average molecular weight is 249 g/mol. The van der Waals surface area contributed by atoms with E-state index in [0.717, 1.165) is 13.1 Å². The van der Waals surface area contributed by atoms with Crippen molar-refractivity contribution in [3.8, 4) is 11.4 Å². The van der Waals surface area contributed by atoms with Crippen molar-refractivity contribution in [2.75, 3.05) is 13.1 Å². The van der Waals surface area contributed by atoms with Crippen LogP contribution in [0.2, 0.25) is 0 Å². The molecule has 0 bridgehead atoms. The zero-order valence-electron chi connectivity index (χ0n) is 10.5. The van der Waals surface area contributed by atoms with Gasteiger partial charge in [-0.2, -0.15) is 4.98 Å². The van der Waals surface area contributed by atoms with Gasteiger partial charge in [0.15, 0.2) is 0 Å². The van der Waals surface area contributed by atoms with Crippen LogP contribution in [-0.2, 0) is 0 Å². The van der Waals surface area contributed by atoms with E-state index in [0.29, 0.717) is 17.3 Å². The second-order valence-electron chi connectivity index (χ2n) is 4.18. The van der Waals surface area contributed by atoms with E-state index in [4.69, 9.17) is 4.52 Å². The first kappa shape index (κ1) is 12.7. The first-order valence-corrected chi connectivity index (χ1v) is 6.01. The summed E-state index contributed by atoms with van der Waals surface area (Å²) in [5.41, 5.74) is 0.626. The van der Waals surface area contributed by atoms with Gasteiger partial charge >= 0.3 is 0 Å². The van der Waals surface area contributed by atoms with Gasteiger partial charge in [0.1, 0.15) is 5.82 Å². The molecule has 1 N–H and O–H groups in total. The lowest BCUT2D eigenvalue weighted by Gasteiger charge is -2.05. The molecular formula is C13H16FN3O. The SMILES string of the molecule is CCNCC(C)c1nc(-c2cccc(F)c2)no1. The predicted octanol–water partition coefficient (Wildman–Crippen LogP) is 2.59. The van der Waals surface area contributed by atoms with Crippen molar-refractivity contribution in [2.24, 2.45) is 0 Å². The van der Waals surface area contributed by atoms with E-state index in [1.165, 1.54) is 12.1 Å². The highest BCUT2D eigenvalue weighted by Crippen LogP contribution is 2.19. The molecule has 0 aliphatic heterocycles. The molecule has 0 aliphatic carbocycles. The molecule has 1 heterocycles. The lowest BCUT2D eigenvalue weighted by Crippen LogP contribution is -2.19. The maximum absolute atomic E-state index is 13.1. The summed E-state index contributed by atoms with van der Waals surface area (Å²) in [6.45, 7) is 5.72. The van der Waals surface area contributed by atoms with Gasteiger partial charge in [-0.05, 0) is 18.7 Å². The molecule has 0 aliphatic rings. The zero-order chi connectivity index (χ0) is 13.0. The number of likely N-dealkylation sites (N-methyl/N-ethyl adjacent to an activating group) is 1. The fraction of sp³-hybridized carbons (Fsp3) is 0.385. The van der Waals surface area contributed by atoms with E-state index in [9.17, 15) is 4.39 Å². The van der Waals surface area contributed by atoms with Crippen LogP contribution in [0.25, 0.3) is 11.4 Å². The van der Waals surface area contributed by atoms with Crippen LogP contribution in [0.15, 0.2) is 28.8 Å². The molecule has 4 nitrogen and oxygen atoms in total. The topological polar surface area (TPSA) is 51.0 Å². The highest BCUT2D eigenvalue weighted by molar-refractivity contribution is 5.53. The molecule has 0 saturated heterocycles. The van der Waals surface area contributed by atoms with Gasteiger partial charge in [0.05, 0.1) is 0 Å². The lowest BCUT2D eigenvalue weighted by atomic mass is 10.2. The third-order valence-corrected chi connectivity index (χ3v) is 2.65. The summed E-state index contributed by atoms with van der Waals surface area (Å²) in [5.74, 6) is 0.822. The Balaban J connectivity index is 2.15. The Morgan fingerprint density at radius 1 is 1.44 bits per heavy atom. The summed E-state index contributed by atoms with van der Waals surface area (Å²) in [4.78, 5) is 4.29. The number of hydrogen-bond acceptors (Lipinski definition) is 4. The number of nitrogens with one attached hydrogen (secondary N) is 1. The minimum absolute atomic E-state index is 0.139. The summed E-state index contributed by atoms with van der Waals surface area (Å²) in [6, 6.07) is 6.16. The van der Waals surface area contributed by atoms with Gasteiger partial charge in [0.25, 0.3) is 0 Å². The molecule has 0 amide bonds. The molecule has 18 heavy (non-hydrogen) atoms. The van der Waals surface area contributed by atoms with Crippen molar-refractivity contribution in [3.63, 3.8) is 0 Å². The molecule has 2 rings (SSSR count). The molecule has 1 unspecified atom stereocenters. The normalized spacial score (nSPS) is 12.6. The van der Waals surface area contributed by atoms with Crippen LogP contribution in [0, 0.1) is 5.82 Å². The smallest absolute Gasteiger partial charge is 0.231 e. The number of hydrogen-bond donors (Lipinski definition) is 1. The highest BCUT2D eigenvalue weighted by Gasteiger charge is 2.14. The van der Waals surface area contributed by atoms with Crippen molar-refractivity contribution >= 4 is 0 Å². The first-order chi connectivity index (χ1) is 8.70. The number of nitrogens with zero attached hydrogens (tertiary/aromatic N) is 2. The summed E-state index contributed by atoms with van der Waals surface area (Å²) in [6.07, 6.45) is 0. The molecule has 5 heteroatoms. The van der Waals surface area contributed by atoms with Gasteiger partial charge in [0, 0.05) is 18.0 Å². The van der Waals surface area contributed by atoms with Gasteiger partial charge < -0.3 is 9.84 Å². The van der Waals surface area contributed by atoms with Crippen LogP contribution in [0.5, 0.6) is 0 Å². The summed E-state index contributed by atoms with van der Waals surface area (Å²) < 4.78 is 18.3. The number of aromatic nitrogens is 2. The van der Waals surface area contributed by atoms with Crippen molar-refractivity contribution in [1.29, 1.82) is 0 Å². The maximum Gasteiger partial charge on any atom is 0.231 e. The molecule has 96 valence electrons. The first-order valence-electron chi connectivity index (χ1n) is 6.01. The van der Waals surface area contributed by atoms with Crippen molar-refractivity contribution in [1.82, 2.24) is 15.5 Å². The summed E-state index contributed by atoms with van der Waals surface area (Å²) >= 11 is 0. The Morgan fingerprint density at radius 2 is 2.28 bits per heavy atom. The van der Waals surface area contributed by atoms with Gasteiger partial charge in [-0.15, -0.1) is 0 Å². The van der Waals surface area contributed by atoms with E-state index in [1.54, 1.807) is 12.1 Å². The van der Waals surface area contributed by atoms with Gasteiger partial charge in [-0.1, -0.05) is 31.1 Å². The second kappa shape index (κ2) is 5.73. The van der Waals surface area contributed by atoms with Gasteiger partial charge in [-0.25, -0.2) is 4.39 Å². The monoisotopic (exact) mass is 249 g/mol. The lowest BCUT2D eigenvalue weighted by molar-refractivity contribution is 0.355. The fourth-order valence-electron chi connectivity index (χ4n) is 1.63. The minimum atomic E-state index is -0.306. The molecule has 1 aromatic heterocycles. The third-order valence-electron chi connectivity index (χ3n) is 2.65. The Bertz CT molecular complexity index is 512. The third kappa shape index (κ3) is 2.92. The molecule has 1 atom stereocenters. The number of halogens is 1. The van der Waals surface area contributed by atoms with Crippen LogP contribution in [0.1, 0.15) is 25.7 Å². The molecule has 1 aromatic carbocycles. The van der Waals surface area contributed by atoms with Crippen molar-refractivity contribution < 1.29 is 8.91 Å². The van der Waals surface area contributed by atoms with Crippen LogP contribution in [-0.4, -0.2) is 23.2 Å². The number of benzene rings is 1. The standard InChI is InChI=1S/C13H16FN3O/c1-3-15-8-9(2)13-16-12(17-18-13)10-5-4-6-11(14)7-10/h4-7,9,15H,3,8H2,1-2H3. The molecule has 2 aromatic rings. The Labute approximate surface area is 105 Å². The maximum atomic E-state index is 13.1. The molecule has 0 saturated carbocycles. The van der Waals surface area contributed by atoms with Crippen LogP contribution < -0.4 is 5.32 Å². The molecular weight excluding hydrogens is 233 g/mol. The molecule has 0 fully saturated rings. The van der Waals surface area contributed by atoms with Crippen LogP contribution >= 0.6 is 0 Å². The van der Waals surface area contributed by atoms with Crippen LogP contribution in [0.4, 0.5) is 4.39 Å². The molecule has 0 radical (unpaired) electrons. The van der Waals surface area contributed by atoms with Crippen LogP contribution in [0.3, 0.4) is 0 Å². The quantitative estimate of drug-likeness (QED) is 0.884. The van der Waals surface area contributed by atoms with E-state index >= 15 is 0 Å². The second-order valence-corrected chi connectivity index (χ2v) is 4.18. The minimum Gasteiger partial charge on any atom is -0.339 e. The Morgan fingerprint density at radius 3 is 3.00 bits per heavy atom. The van der Waals surface area contributed by atoms with E-state index < -0.39 is 0 Å². The van der Waals surface area contributed by atoms with E-state index in [-0.39, 0.29) is 11.7 Å². The number of rotatable bonds is 5. The summed E-state index contributed by atoms with van der Waals surface area (Å²) in [7, 11) is 0. The highest BCUT2D eigenvalue weighted by atomic mass is 19.1. The van der Waals surface area contributed by atoms with Gasteiger partial charge in [0.2, 0.25) is 11.7 Å². The fourth-order valence-corrected chi connectivity index (χ4v) is 1.63. The Kier molecular flexibility index (Phi) is 4.04. The summed E-state index contributed by atoms with van der Waals surface area (Å²) in [5, 5.41) is 7.09. The van der Waals surface area contributed by atoms with Crippen molar-refractivity contribution in [2.45, 2.75) is 19.8 Å². The van der Waals surface area contributed by atoms with E-state index in [2.05, 4.69) is 15.5 Å². The molecule has 0 spiro atoms. The zero-order valence-corrected chi connectivity index (χ0v) is 10.5. The van der Waals surface area contributed by atoms with Crippen molar-refractivity contribution in [3.05, 3.63) is 36.0 Å². The van der Waals surface area contributed by atoms with Gasteiger partial charge in [-0.3, -0.25) is 0 Å². The Hall–Kier alpha value is -1.75. The predicted molar refractivity (Wildman–Crippen MR) is 66.7 cm³/mol. The average Bonchev–Trinajstić information content (AvgIpc) is 2.85. The van der Waals surface area contributed by atoms with E-state index in [1.807, 2.05) is 13.8 Å². The largest absolute Gasteiger partial charge is 0.339 e.